The average Bonchev–Trinajstić information content (AvgIpc) is 2.56. The Balaban J connectivity index is 3.28. The highest BCUT2D eigenvalue weighted by molar-refractivity contribution is 5.75. The van der Waals surface area contributed by atoms with E-state index in [1.54, 1.807) is 0 Å². The van der Waals surface area contributed by atoms with Gasteiger partial charge < -0.3 is 14.6 Å². The fourth-order valence-corrected chi connectivity index (χ4v) is 3.13. The Bertz CT molecular complexity index is 328. The van der Waals surface area contributed by atoms with Gasteiger partial charge in [0.05, 0.1) is 5.97 Å². The highest BCUT2D eigenvalue weighted by atomic mass is 16.6. The number of esters is 1. The number of carboxylic acid groups (broad SMARTS) is 1. The minimum absolute atomic E-state index is 0.361. The molecule has 148 valence electrons. The van der Waals surface area contributed by atoms with Crippen molar-refractivity contribution in [1.29, 1.82) is 0 Å². The summed E-state index contributed by atoms with van der Waals surface area (Å²) < 4.78 is 4.73. The van der Waals surface area contributed by atoms with Gasteiger partial charge in [0.15, 0.2) is 0 Å². The zero-order valence-electron chi connectivity index (χ0n) is 16.5. The fraction of sp³-hybridized carbons (Fsp3) is 0.905. The van der Waals surface area contributed by atoms with Gasteiger partial charge in [-0.05, 0) is 12.8 Å². The van der Waals surface area contributed by atoms with E-state index < -0.39 is 18.0 Å². The lowest BCUT2D eigenvalue weighted by Gasteiger charge is -2.17. The van der Waals surface area contributed by atoms with E-state index in [-0.39, 0.29) is 0 Å². The van der Waals surface area contributed by atoms with Crippen molar-refractivity contribution in [2.75, 3.05) is 0 Å². The van der Waals surface area contributed by atoms with E-state index in [4.69, 9.17) is 4.74 Å². The Morgan fingerprint density at radius 2 is 1.08 bits per heavy atom. The molecule has 0 saturated carbocycles. The molecule has 0 aromatic heterocycles. The highest BCUT2D eigenvalue weighted by Crippen LogP contribution is 2.14. The van der Waals surface area contributed by atoms with Crippen molar-refractivity contribution in [2.24, 2.45) is 0 Å². The van der Waals surface area contributed by atoms with E-state index >= 15 is 0 Å². The second-order valence-electron chi connectivity index (χ2n) is 7.16. The van der Waals surface area contributed by atoms with Gasteiger partial charge >= 0.3 is 5.97 Å². The van der Waals surface area contributed by atoms with Gasteiger partial charge in [0.25, 0.3) is 0 Å². The van der Waals surface area contributed by atoms with Crippen LogP contribution in [0.15, 0.2) is 0 Å². The molecule has 4 heteroatoms. The van der Waals surface area contributed by atoms with Crippen molar-refractivity contribution in [3.8, 4) is 0 Å². The number of carbonyl (C=O) groups excluding carboxylic acids is 2. The number of rotatable bonds is 18. The Morgan fingerprint density at radius 3 is 1.40 bits per heavy atom. The Labute approximate surface area is 154 Å². The van der Waals surface area contributed by atoms with Gasteiger partial charge in [0.2, 0.25) is 0 Å². The van der Waals surface area contributed by atoms with Crippen molar-refractivity contribution >= 4 is 11.9 Å². The quantitative estimate of drug-likeness (QED) is 0.258. The summed E-state index contributed by atoms with van der Waals surface area (Å²) in [5.74, 6) is -1.85. The molecule has 0 aromatic carbocycles. The zero-order chi connectivity index (χ0) is 18.8. The van der Waals surface area contributed by atoms with Crippen LogP contribution in [0, 0.1) is 0 Å². The molecule has 0 N–H and O–H groups in total. The summed E-state index contributed by atoms with van der Waals surface area (Å²) >= 11 is 0. The molecule has 0 saturated heterocycles. The maximum Gasteiger partial charge on any atom is 0.303 e. The van der Waals surface area contributed by atoms with Gasteiger partial charge in [0.1, 0.15) is 6.10 Å². The van der Waals surface area contributed by atoms with E-state index in [2.05, 4.69) is 6.92 Å². The van der Waals surface area contributed by atoms with Crippen LogP contribution in [0.3, 0.4) is 0 Å². The zero-order valence-corrected chi connectivity index (χ0v) is 16.5. The first-order chi connectivity index (χ1) is 12.1. The first kappa shape index (κ1) is 23.9. The third-order valence-corrected chi connectivity index (χ3v) is 4.64. The van der Waals surface area contributed by atoms with Gasteiger partial charge in [-0.2, -0.15) is 0 Å². The molecule has 0 aromatic rings. The molecule has 0 spiro atoms. The minimum Gasteiger partial charge on any atom is -0.546 e. The molecule has 0 amide bonds. The SMILES string of the molecule is CCCCCCCCCCCCCCCCCC(OC(C)=O)C(=O)[O-]. The lowest BCUT2D eigenvalue weighted by molar-refractivity contribution is -0.315. The molecule has 0 rings (SSSR count). The topological polar surface area (TPSA) is 66.4 Å². The largest absolute Gasteiger partial charge is 0.546 e. The summed E-state index contributed by atoms with van der Waals surface area (Å²) in [4.78, 5) is 21.6. The first-order valence-electron chi connectivity index (χ1n) is 10.5. The van der Waals surface area contributed by atoms with Gasteiger partial charge in [-0.3, -0.25) is 4.79 Å². The van der Waals surface area contributed by atoms with Crippen LogP contribution in [-0.2, 0) is 14.3 Å². The minimum atomic E-state index is -1.29. The van der Waals surface area contributed by atoms with E-state index in [0.717, 1.165) is 19.3 Å². The second-order valence-corrected chi connectivity index (χ2v) is 7.16. The molecular formula is C21H39O4-. The number of unbranched alkanes of at least 4 members (excludes halogenated alkanes) is 14. The van der Waals surface area contributed by atoms with Crippen molar-refractivity contribution < 1.29 is 19.4 Å². The van der Waals surface area contributed by atoms with Crippen LogP contribution in [0.25, 0.3) is 0 Å². The fourth-order valence-electron chi connectivity index (χ4n) is 3.13. The summed E-state index contributed by atoms with van der Waals surface area (Å²) in [6.07, 6.45) is 18.3. The van der Waals surface area contributed by atoms with Gasteiger partial charge in [-0.1, -0.05) is 96.8 Å². The summed E-state index contributed by atoms with van der Waals surface area (Å²) in [6.45, 7) is 3.48. The Morgan fingerprint density at radius 1 is 0.720 bits per heavy atom. The molecule has 0 bridgehead atoms. The molecule has 0 fully saturated rings. The smallest absolute Gasteiger partial charge is 0.303 e. The summed E-state index contributed by atoms with van der Waals surface area (Å²) in [5, 5.41) is 10.8. The van der Waals surface area contributed by atoms with Crippen LogP contribution in [0.1, 0.15) is 117 Å². The number of carboxylic acids is 1. The molecule has 1 unspecified atom stereocenters. The van der Waals surface area contributed by atoms with E-state index in [0.29, 0.717) is 6.42 Å². The normalized spacial score (nSPS) is 12.1. The van der Waals surface area contributed by atoms with Crippen molar-refractivity contribution in [3.05, 3.63) is 0 Å². The number of aliphatic carboxylic acids is 1. The third kappa shape index (κ3) is 17.6. The lowest BCUT2D eigenvalue weighted by atomic mass is 10.0. The average molecular weight is 356 g/mol. The number of hydrogen-bond donors (Lipinski definition) is 0. The van der Waals surface area contributed by atoms with E-state index in [9.17, 15) is 14.7 Å². The summed E-state index contributed by atoms with van der Waals surface area (Å²) in [5.41, 5.74) is 0. The van der Waals surface area contributed by atoms with Crippen molar-refractivity contribution in [3.63, 3.8) is 0 Å². The van der Waals surface area contributed by atoms with Crippen molar-refractivity contribution in [2.45, 2.75) is 123 Å². The van der Waals surface area contributed by atoms with Crippen LogP contribution < -0.4 is 5.11 Å². The summed E-state index contributed by atoms with van der Waals surface area (Å²) in [7, 11) is 0. The highest BCUT2D eigenvalue weighted by Gasteiger charge is 2.12. The number of ether oxygens (including phenoxy) is 1. The van der Waals surface area contributed by atoms with Crippen LogP contribution in [-0.4, -0.2) is 18.0 Å². The summed E-state index contributed by atoms with van der Waals surface area (Å²) in [6, 6.07) is 0. The maximum absolute atomic E-state index is 10.8. The third-order valence-electron chi connectivity index (χ3n) is 4.64. The lowest BCUT2D eigenvalue weighted by Crippen LogP contribution is -2.38. The van der Waals surface area contributed by atoms with Crippen molar-refractivity contribution in [1.82, 2.24) is 0 Å². The number of hydrogen-bond acceptors (Lipinski definition) is 4. The predicted molar refractivity (Wildman–Crippen MR) is 100 cm³/mol. The molecule has 0 heterocycles. The molecule has 0 aliphatic rings. The molecule has 0 aliphatic carbocycles. The van der Waals surface area contributed by atoms with Gasteiger partial charge in [0, 0.05) is 6.92 Å². The van der Waals surface area contributed by atoms with Crippen LogP contribution in [0.4, 0.5) is 0 Å². The molecule has 1 atom stereocenters. The molecular weight excluding hydrogens is 316 g/mol. The Kier molecular flexibility index (Phi) is 17.0. The van der Waals surface area contributed by atoms with E-state index in [1.807, 2.05) is 0 Å². The first-order valence-corrected chi connectivity index (χ1v) is 10.5. The van der Waals surface area contributed by atoms with E-state index in [1.165, 1.54) is 84.0 Å². The monoisotopic (exact) mass is 355 g/mol. The van der Waals surface area contributed by atoms with Crippen LogP contribution in [0.2, 0.25) is 0 Å². The van der Waals surface area contributed by atoms with Gasteiger partial charge in [-0.25, -0.2) is 0 Å². The van der Waals surface area contributed by atoms with Gasteiger partial charge in [-0.15, -0.1) is 0 Å². The number of carbonyl (C=O) groups is 2. The predicted octanol–water partition coefficient (Wildman–Crippen LogP) is 4.93. The standard InChI is InChI=1S/C21H40O4/c1-3-4-5-6-7-8-9-10-11-12-13-14-15-16-17-18-20(21(23)24)25-19(2)22/h20H,3-18H2,1-2H3,(H,23,24)/p-1. The molecule has 25 heavy (non-hydrogen) atoms. The molecule has 0 radical (unpaired) electrons. The Hall–Kier alpha value is -1.06. The maximum atomic E-state index is 10.8. The second kappa shape index (κ2) is 17.8. The van der Waals surface area contributed by atoms with Crippen LogP contribution in [0.5, 0.6) is 0 Å². The molecule has 0 aliphatic heterocycles. The van der Waals surface area contributed by atoms with Crippen LogP contribution >= 0.6 is 0 Å². The molecule has 4 nitrogen and oxygen atoms in total.